The Morgan fingerprint density at radius 2 is 0.645 bits per heavy atom. The summed E-state index contributed by atoms with van der Waals surface area (Å²) in [7, 11) is 0. The number of rotatable bonds is 2. The second-order valence-electron chi connectivity index (χ2n) is 15.3. The van der Waals surface area contributed by atoms with Gasteiger partial charge in [-0.25, -0.2) is 0 Å². The van der Waals surface area contributed by atoms with Crippen molar-refractivity contribution in [1.82, 2.24) is 0 Å². The second-order valence-corrected chi connectivity index (χ2v) is 17.4. The highest BCUT2D eigenvalue weighted by Crippen LogP contribution is 2.52. The maximum atomic E-state index is 14.4. The Morgan fingerprint density at radius 1 is 0.339 bits per heavy atom. The Kier molecular flexibility index (Phi) is 7.96. The molecular weight excluding hydrogens is 869 g/mol. The molecule has 7 aromatic carbocycles. The standard InChI is InChI=1S/C48H20F12S2/c49-45(50,51)27-9-25(10-28(17-27)46(52,53)54)39-31-19-34-32(20-33(31)43-41(39)35-13-21-5-1-3-7-23(21)15-37(35)61-43)40(26-11-29(47(55,56)57)18-30(12-26)48(58,59)60)42-36-14-22-6-2-4-8-24(22)16-38(36)62-44(34)42/h1-20H. The summed E-state index contributed by atoms with van der Waals surface area (Å²) in [5.41, 5.74) is -5.19. The van der Waals surface area contributed by atoms with Crippen LogP contribution in [0.1, 0.15) is 44.5 Å². The minimum Gasteiger partial charge on any atom is -0.166 e. The number of halogens is 12. The Bertz CT molecular complexity index is 3280. The van der Waals surface area contributed by atoms with Crippen LogP contribution in [0.25, 0.3) is 73.7 Å². The molecule has 0 N–H and O–H groups in total. The van der Waals surface area contributed by atoms with Gasteiger partial charge in [0, 0.05) is 52.2 Å². The first-order valence-corrected chi connectivity index (χ1v) is 20.3. The van der Waals surface area contributed by atoms with Crippen LogP contribution in [-0.2, 0) is 24.7 Å². The van der Waals surface area contributed by atoms with E-state index >= 15 is 0 Å². The highest BCUT2D eigenvalue weighted by molar-refractivity contribution is 7.23. The van der Waals surface area contributed by atoms with E-state index in [2.05, 4.69) is 0 Å². The topological polar surface area (TPSA) is 0 Å². The lowest BCUT2D eigenvalue weighted by atomic mass is 9.93. The van der Waals surface area contributed by atoms with Gasteiger partial charge in [0.1, 0.15) is 0 Å². The fraction of sp³-hybridized carbons (Fsp3) is 0.0833. The fourth-order valence-corrected chi connectivity index (χ4v) is 11.4. The third kappa shape index (κ3) is 5.89. The summed E-state index contributed by atoms with van der Waals surface area (Å²) in [5, 5.41) is 4.77. The van der Waals surface area contributed by atoms with Gasteiger partial charge in [0.2, 0.25) is 0 Å². The van der Waals surface area contributed by atoms with Crippen molar-refractivity contribution in [3.63, 3.8) is 0 Å². The van der Waals surface area contributed by atoms with Crippen LogP contribution in [-0.4, -0.2) is 0 Å². The van der Waals surface area contributed by atoms with Crippen LogP contribution < -0.4 is 10.4 Å². The minimum atomic E-state index is -5.16. The lowest BCUT2D eigenvalue weighted by Crippen LogP contribution is -2.17. The van der Waals surface area contributed by atoms with Gasteiger partial charge >= 0.3 is 24.7 Å². The van der Waals surface area contributed by atoms with Gasteiger partial charge < -0.3 is 0 Å². The zero-order valence-corrected chi connectivity index (χ0v) is 32.5. The van der Waals surface area contributed by atoms with Crippen LogP contribution in [0.3, 0.4) is 0 Å². The van der Waals surface area contributed by atoms with Gasteiger partial charge in [0.25, 0.3) is 0 Å². The normalized spacial score (nSPS) is 14.1. The van der Waals surface area contributed by atoms with E-state index in [1.165, 1.54) is 22.7 Å². The molecule has 2 aliphatic carbocycles. The first kappa shape index (κ1) is 38.8. The molecule has 0 nitrogen and oxygen atoms in total. The molecule has 62 heavy (non-hydrogen) atoms. The minimum absolute atomic E-state index is 0.0573. The van der Waals surface area contributed by atoms with Gasteiger partial charge in [0.05, 0.1) is 22.3 Å². The summed E-state index contributed by atoms with van der Waals surface area (Å²) < 4.78 is 174. The summed E-state index contributed by atoms with van der Waals surface area (Å²) in [4.78, 5) is 0.944. The van der Waals surface area contributed by atoms with Gasteiger partial charge in [-0.2, -0.15) is 52.7 Å². The van der Waals surface area contributed by atoms with Crippen molar-refractivity contribution >= 4 is 75.5 Å². The smallest absolute Gasteiger partial charge is 0.166 e. The highest BCUT2D eigenvalue weighted by atomic mass is 32.1. The fourth-order valence-electron chi connectivity index (χ4n) is 8.90. The van der Waals surface area contributed by atoms with E-state index in [4.69, 9.17) is 0 Å². The zero-order chi connectivity index (χ0) is 43.4. The molecule has 2 heterocycles. The quantitative estimate of drug-likeness (QED) is 0.152. The third-order valence-corrected chi connectivity index (χ3v) is 13.9. The first-order chi connectivity index (χ1) is 29.2. The Labute approximate surface area is 348 Å². The van der Waals surface area contributed by atoms with Crippen LogP contribution in [0.4, 0.5) is 52.7 Å². The summed E-state index contributed by atoms with van der Waals surface area (Å²) in [6, 6.07) is 27.9. The third-order valence-electron chi connectivity index (χ3n) is 11.6. The SMILES string of the molecule is FC(F)(F)c1cc(C2=c3cc4c(cc3-c3sc5cc6ccccc6cc5c32)=C(c2cc(C(F)(F)F)cc(C(F)(F)F)c2)c2c-4sc3cc4ccccc4cc23)cc(C(F)(F)F)c1. The van der Waals surface area contributed by atoms with Crippen molar-refractivity contribution in [2.45, 2.75) is 24.7 Å². The van der Waals surface area contributed by atoms with E-state index in [1.54, 1.807) is 24.3 Å². The van der Waals surface area contributed by atoms with Gasteiger partial charge in [-0.15, -0.1) is 22.7 Å². The molecule has 0 saturated heterocycles. The predicted octanol–water partition coefficient (Wildman–Crippen LogP) is 15.0. The lowest BCUT2D eigenvalue weighted by molar-refractivity contribution is -0.144. The summed E-state index contributed by atoms with van der Waals surface area (Å²) in [5.74, 6) is 0. The van der Waals surface area contributed by atoms with Crippen molar-refractivity contribution in [3.8, 4) is 20.9 Å². The number of thiophene rings is 2. The van der Waals surface area contributed by atoms with Crippen molar-refractivity contribution in [3.05, 3.63) is 176 Å². The lowest BCUT2D eigenvalue weighted by Gasteiger charge is -2.16. The molecule has 0 bridgehead atoms. The van der Waals surface area contributed by atoms with E-state index in [0.717, 1.165) is 21.5 Å². The highest BCUT2D eigenvalue weighted by Gasteiger charge is 2.41. The van der Waals surface area contributed by atoms with Gasteiger partial charge in [0.15, 0.2) is 0 Å². The van der Waals surface area contributed by atoms with Crippen LogP contribution in [0.2, 0.25) is 0 Å². The Morgan fingerprint density at radius 3 is 0.952 bits per heavy atom. The Hall–Kier alpha value is -6.12. The summed E-state index contributed by atoms with van der Waals surface area (Å²) in [6.07, 6.45) is -20.6. The van der Waals surface area contributed by atoms with Gasteiger partial charge in [-0.1, -0.05) is 48.5 Å². The molecule has 0 fully saturated rings. The van der Waals surface area contributed by atoms with Crippen LogP contribution >= 0.6 is 22.7 Å². The molecular formula is C48H20F12S2. The number of fused-ring (bicyclic) bond motifs is 12. The molecule has 0 unspecified atom stereocenters. The van der Waals surface area contributed by atoms with Gasteiger partial charge in [-0.05, 0) is 127 Å². The molecule has 0 atom stereocenters. The second kappa shape index (κ2) is 12.7. The van der Waals surface area contributed by atoms with E-state index in [9.17, 15) is 52.7 Å². The maximum absolute atomic E-state index is 14.4. The molecule has 9 aromatic rings. The molecule has 308 valence electrons. The number of hydrogen-bond donors (Lipinski definition) is 0. The van der Waals surface area contributed by atoms with E-state index in [1.807, 2.05) is 60.7 Å². The average Bonchev–Trinajstić information content (AvgIpc) is 3.93. The average molecular weight is 889 g/mol. The predicted molar refractivity (Wildman–Crippen MR) is 218 cm³/mol. The van der Waals surface area contributed by atoms with Crippen molar-refractivity contribution in [1.29, 1.82) is 0 Å². The van der Waals surface area contributed by atoms with Gasteiger partial charge in [-0.3, -0.25) is 0 Å². The first-order valence-electron chi connectivity index (χ1n) is 18.7. The summed E-state index contributed by atoms with van der Waals surface area (Å²) >= 11 is 2.47. The van der Waals surface area contributed by atoms with E-state index < -0.39 is 47.0 Å². The molecule has 11 rings (SSSR count). The molecule has 0 saturated carbocycles. The summed E-state index contributed by atoms with van der Waals surface area (Å²) in [6.45, 7) is 0. The van der Waals surface area contributed by atoms with Crippen molar-refractivity contribution in [2.24, 2.45) is 0 Å². The van der Waals surface area contributed by atoms with Crippen molar-refractivity contribution < 1.29 is 52.7 Å². The van der Waals surface area contributed by atoms with Crippen LogP contribution in [0.5, 0.6) is 0 Å². The Balaban J connectivity index is 1.32. The van der Waals surface area contributed by atoms with Crippen molar-refractivity contribution in [2.75, 3.05) is 0 Å². The number of alkyl halides is 12. The van der Waals surface area contributed by atoms with Crippen LogP contribution in [0, 0.1) is 0 Å². The molecule has 0 amide bonds. The van der Waals surface area contributed by atoms with E-state index in [0.29, 0.717) is 76.4 Å². The number of hydrogen-bond acceptors (Lipinski definition) is 2. The molecule has 0 aliphatic heterocycles. The molecule has 14 heteroatoms. The maximum Gasteiger partial charge on any atom is 0.416 e. The van der Waals surface area contributed by atoms with Crippen LogP contribution in [0.15, 0.2) is 121 Å². The number of benzene rings is 7. The zero-order valence-electron chi connectivity index (χ0n) is 30.9. The molecule has 2 aliphatic rings. The molecule has 0 radical (unpaired) electrons. The molecule has 0 spiro atoms. The largest absolute Gasteiger partial charge is 0.416 e. The van der Waals surface area contributed by atoms with E-state index in [-0.39, 0.29) is 44.8 Å². The molecule has 2 aromatic heterocycles. The monoisotopic (exact) mass is 888 g/mol.